The van der Waals surface area contributed by atoms with Crippen molar-refractivity contribution in [3.63, 3.8) is 0 Å². The molecule has 98 valence electrons. The third-order valence-corrected chi connectivity index (χ3v) is 2.69. The van der Waals surface area contributed by atoms with Crippen molar-refractivity contribution < 1.29 is 28.5 Å². The lowest BCUT2D eigenvalue weighted by Gasteiger charge is -2.26. The molecule has 0 aromatic carbocycles. The highest BCUT2D eigenvalue weighted by molar-refractivity contribution is 5.74. The van der Waals surface area contributed by atoms with Gasteiger partial charge in [-0.2, -0.15) is 9.48 Å². The zero-order valence-corrected chi connectivity index (χ0v) is 10.8. The highest BCUT2D eigenvalue weighted by Gasteiger charge is 2.49. The second-order valence-electron chi connectivity index (χ2n) is 4.47. The number of esters is 2. The first kappa shape index (κ1) is 13.9. The van der Waals surface area contributed by atoms with Gasteiger partial charge in [-0.3, -0.25) is 4.79 Å². The van der Waals surface area contributed by atoms with E-state index < -0.39 is 0 Å². The zero-order chi connectivity index (χ0) is 13.1. The van der Waals surface area contributed by atoms with E-state index >= 15 is 0 Å². The predicted molar refractivity (Wildman–Crippen MR) is 58.7 cm³/mol. The first-order chi connectivity index (χ1) is 7.86. The molecule has 0 amide bonds. The van der Waals surface area contributed by atoms with E-state index in [-0.39, 0.29) is 35.3 Å². The molecule has 0 radical (unpaired) electrons. The Bertz CT molecular complexity index is 302. The molecule has 0 aliphatic carbocycles. The van der Waals surface area contributed by atoms with Crippen LogP contribution in [0, 0.1) is 0 Å². The molecule has 0 aromatic heterocycles. The van der Waals surface area contributed by atoms with Gasteiger partial charge in [-0.1, -0.05) is 0 Å². The van der Waals surface area contributed by atoms with Gasteiger partial charge in [-0.15, -0.1) is 0 Å². The molecule has 1 fully saturated rings. The van der Waals surface area contributed by atoms with Crippen molar-refractivity contribution in [3.05, 3.63) is 0 Å². The summed E-state index contributed by atoms with van der Waals surface area (Å²) in [6, 6.07) is -0.365. The van der Waals surface area contributed by atoms with Gasteiger partial charge in [0.1, 0.15) is 6.61 Å². The second-order valence-corrected chi connectivity index (χ2v) is 4.47. The van der Waals surface area contributed by atoms with Crippen LogP contribution in [0.15, 0.2) is 0 Å². The van der Waals surface area contributed by atoms with E-state index in [1.165, 1.54) is 6.92 Å². The number of likely N-dealkylation sites (N-methyl/N-ethyl adjacent to an activating group) is 1. The number of quaternary nitrogens is 1. The zero-order valence-electron chi connectivity index (χ0n) is 10.8. The summed E-state index contributed by atoms with van der Waals surface area (Å²) in [5.74, 6) is -0.624. The van der Waals surface area contributed by atoms with Crippen molar-refractivity contribution in [3.8, 4) is 0 Å². The summed E-state index contributed by atoms with van der Waals surface area (Å²) < 4.78 is 9.98. The van der Waals surface area contributed by atoms with E-state index in [0.717, 1.165) is 0 Å². The van der Waals surface area contributed by atoms with Gasteiger partial charge >= 0.3 is 11.9 Å². The van der Waals surface area contributed by atoms with E-state index in [0.29, 0.717) is 13.0 Å². The van der Waals surface area contributed by atoms with Crippen molar-refractivity contribution in [2.45, 2.75) is 32.4 Å². The number of hydrogen-bond acceptors (Lipinski definition) is 5. The van der Waals surface area contributed by atoms with Gasteiger partial charge in [0.05, 0.1) is 20.7 Å². The second kappa shape index (κ2) is 5.46. The summed E-state index contributed by atoms with van der Waals surface area (Å²) in [7, 11) is 3.57. The maximum atomic E-state index is 11.7. The number of ether oxygens (including phenoxy) is 2. The fourth-order valence-corrected chi connectivity index (χ4v) is 1.90. The van der Waals surface area contributed by atoms with Crippen LogP contribution in [0.3, 0.4) is 0 Å². The van der Waals surface area contributed by atoms with E-state index in [1.54, 1.807) is 21.0 Å². The molecule has 6 heteroatoms. The molecule has 0 aromatic rings. The SMILES string of the molecule is CCOC(=O)[C@H]1C[C@H](COC(C)=O)O[N+]1(C)C. The Morgan fingerprint density at radius 3 is 2.53 bits per heavy atom. The minimum atomic E-state index is -0.365. The summed E-state index contributed by atoms with van der Waals surface area (Å²) in [6.07, 6.45) is 0.238. The number of rotatable bonds is 4. The van der Waals surface area contributed by atoms with Crippen molar-refractivity contribution in [1.82, 2.24) is 0 Å². The highest BCUT2D eigenvalue weighted by atomic mass is 16.7. The average Bonchev–Trinajstić information content (AvgIpc) is 2.51. The van der Waals surface area contributed by atoms with Crippen LogP contribution < -0.4 is 0 Å². The Labute approximate surface area is 101 Å². The summed E-state index contributed by atoms with van der Waals surface area (Å²) in [4.78, 5) is 28.1. The third kappa shape index (κ3) is 3.67. The van der Waals surface area contributed by atoms with Crippen molar-refractivity contribution in [2.75, 3.05) is 27.3 Å². The molecule has 1 saturated heterocycles. The van der Waals surface area contributed by atoms with Crippen LogP contribution in [-0.2, 0) is 23.9 Å². The molecule has 6 nitrogen and oxygen atoms in total. The lowest BCUT2D eigenvalue weighted by Crippen LogP contribution is -2.48. The van der Waals surface area contributed by atoms with Crippen LogP contribution in [0.2, 0.25) is 0 Å². The number of nitrogens with zero attached hydrogens (tertiary/aromatic N) is 1. The van der Waals surface area contributed by atoms with Crippen LogP contribution >= 0.6 is 0 Å². The average molecular weight is 246 g/mol. The Hall–Kier alpha value is -1.14. The fourth-order valence-electron chi connectivity index (χ4n) is 1.90. The maximum Gasteiger partial charge on any atom is 0.368 e. The molecule has 0 saturated carbocycles. The number of carbonyl (C=O) groups is 2. The first-order valence-corrected chi connectivity index (χ1v) is 5.69. The standard InChI is InChI=1S/C11H20NO5/c1-5-15-11(14)10-6-9(7-16-8(2)13)17-12(10,3)4/h9-10H,5-7H2,1-4H3/q+1/t9-,10-/m1/s1. The molecule has 0 unspecified atom stereocenters. The largest absolute Gasteiger partial charge is 0.463 e. The van der Waals surface area contributed by atoms with E-state index in [1.807, 2.05) is 0 Å². The van der Waals surface area contributed by atoms with Gasteiger partial charge in [-0.25, -0.2) is 4.79 Å². The molecule has 0 N–H and O–H groups in total. The third-order valence-electron chi connectivity index (χ3n) is 2.69. The maximum absolute atomic E-state index is 11.7. The lowest BCUT2D eigenvalue weighted by atomic mass is 10.1. The summed E-state index contributed by atoms with van der Waals surface area (Å²) >= 11 is 0. The predicted octanol–water partition coefficient (Wildman–Crippen LogP) is 0.262. The fraction of sp³-hybridized carbons (Fsp3) is 0.818. The van der Waals surface area contributed by atoms with Crippen LogP contribution in [0.5, 0.6) is 0 Å². The van der Waals surface area contributed by atoms with Crippen LogP contribution in [0.25, 0.3) is 0 Å². The highest BCUT2D eigenvalue weighted by Crippen LogP contribution is 2.27. The molecule has 1 aliphatic rings. The Balaban J connectivity index is 2.56. The molecule has 2 atom stereocenters. The van der Waals surface area contributed by atoms with Crippen LogP contribution in [0.1, 0.15) is 20.3 Å². The number of hydroxylamine groups is 3. The van der Waals surface area contributed by atoms with E-state index in [2.05, 4.69) is 0 Å². The molecule has 1 aliphatic heterocycles. The van der Waals surface area contributed by atoms with E-state index in [9.17, 15) is 9.59 Å². The van der Waals surface area contributed by atoms with Gasteiger partial charge in [0.25, 0.3) is 0 Å². The summed E-state index contributed by atoms with van der Waals surface area (Å²) in [6.45, 7) is 3.64. The molecule has 1 heterocycles. The quantitative estimate of drug-likeness (QED) is 0.526. The minimum absolute atomic E-state index is 0.102. The molecular weight excluding hydrogens is 226 g/mol. The summed E-state index contributed by atoms with van der Waals surface area (Å²) in [5.41, 5.74) is 0. The van der Waals surface area contributed by atoms with Gasteiger partial charge < -0.3 is 9.47 Å². The Morgan fingerprint density at radius 1 is 1.35 bits per heavy atom. The first-order valence-electron chi connectivity index (χ1n) is 5.69. The summed E-state index contributed by atoms with van der Waals surface area (Å²) in [5, 5.41) is 0. The number of carbonyl (C=O) groups excluding carboxylic acids is 2. The Kier molecular flexibility index (Phi) is 4.47. The monoisotopic (exact) mass is 246 g/mol. The molecular formula is C11H20NO5+. The smallest absolute Gasteiger partial charge is 0.368 e. The minimum Gasteiger partial charge on any atom is -0.463 e. The van der Waals surface area contributed by atoms with Crippen molar-refractivity contribution in [2.24, 2.45) is 0 Å². The van der Waals surface area contributed by atoms with E-state index in [4.69, 9.17) is 14.3 Å². The van der Waals surface area contributed by atoms with Crippen molar-refractivity contribution >= 4 is 11.9 Å². The van der Waals surface area contributed by atoms with Gasteiger partial charge in [0, 0.05) is 13.3 Å². The number of hydrogen-bond donors (Lipinski definition) is 0. The van der Waals surface area contributed by atoms with Crippen LogP contribution in [0.4, 0.5) is 0 Å². The molecule has 1 rings (SSSR count). The van der Waals surface area contributed by atoms with Crippen LogP contribution in [-0.4, -0.2) is 56.0 Å². The van der Waals surface area contributed by atoms with Gasteiger partial charge in [0.2, 0.25) is 6.04 Å². The van der Waals surface area contributed by atoms with Gasteiger partial charge in [-0.05, 0) is 6.92 Å². The topological polar surface area (TPSA) is 61.8 Å². The molecule has 0 bridgehead atoms. The molecule has 0 spiro atoms. The Morgan fingerprint density at radius 2 is 2.00 bits per heavy atom. The van der Waals surface area contributed by atoms with Crippen molar-refractivity contribution in [1.29, 1.82) is 0 Å². The normalized spacial score (nSPS) is 26.6. The molecule has 17 heavy (non-hydrogen) atoms. The lowest BCUT2D eigenvalue weighted by molar-refractivity contribution is -1.08. The van der Waals surface area contributed by atoms with Gasteiger partial charge in [0.15, 0.2) is 6.10 Å².